The Labute approximate surface area is 118 Å². The molecule has 1 nitrogen and oxygen atoms in total. The molecule has 0 aliphatic heterocycles. The number of hydrogen-bond acceptors (Lipinski definition) is 2. The molecule has 0 radical (unpaired) electrons. The largest absolute Gasteiger partial charge is 0.416 e. The van der Waals surface area contributed by atoms with Crippen LogP contribution in [0, 0.1) is 5.82 Å². The van der Waals surface area contributed by atoms with Crippen molar-refractivity contribution < 1.29 is 17.6 Å². The van der Waals surface area contributed by atoms with Gasteiger partial charge in [-0.15, -0.1) is 11.3 Å². The highest BCUT2D eigenvalue weighted by Crippen LogP contribution is 2.33. The molecule has 1 aromatic heterocycles. The van der Waals surface area contributed by atoms with Crippen LogP contribution in [0.15, 0.2) is 35.7 Å². The molecular weight excluding hydrogens is 290 g/mol. The van der Waals surface area contributed by atoms with E-state index in [1.165, 1.54) is 11.3 Å². The van der Waals surface area contributed by atoms with Crippen LogP contribution in [0.5, 0.6) is 0 Å². The second-order valence-electron chi connectivity index (χ2n) is 4.31. The van der Waals surface area contributed by atoms with E-state index in [0.29, 0.717) is 6.42 Å². The third kappa shape index (κ3) is 3.30. The minimum Gasteiger partial charge on any atom is -0.375 e. The van der Waals surface area contributed by atoms with E-state index < -0.39 is 17.6 Å². The highest BCUT2D eigenvalue weighted by Gasteiger charge is 2.31. The number of halogens is 4. The fraction of sp³-hybridized carbons (Fsp3) is 0.286. The molecule has 0 saturated heterocycles. The second-order valence-corrected chi connectivity index (χ2v) is 5.29. The van der Waals surface area contributed by atoms with Gasteiger partial charge >= 0.3 is 6.18 Å². The lowest BCUT2D eigenvalue weighted by Gasteiger charge is -2.18. The maximum atomic E-state index is 13.7. The fourth-order valence-electron chi connectivity index (χ4n) is 1.86. The van der Waals surface area contributed by atoms with Crippen LogP contribution in [-0.2, 0) is 6.18 Å². The number of rotatable bonds is 4. The lowest BCUT2D eigenvalue weighted by molar-refractivity contribution is -0.137. The third-order valence-corrected chi connectivity index (χ3v) is 3.90. The van der Waals surface area contributed by atoms with Gasteiger partial charge in [0.2, 0.25) is 0 Å². The molecular formula is C14H13F4NS. The van der Waals surface area contributed by atoms with Crippen molar-refractivity contribution >= 4 is 17.0 Å². The normalized spacial score (nSPS) is 13.2. The zero-order chi connectivity index (χ0) is 14.8. The Morgan fingerprint density at radius 3 is 2.55 bits per heavy atom. The third-order valence-electron chi connectivity index (χ3n) is 2.92. The number of benzene rings is 1. The zero-order valence-corrected chi connectivity index (χ0v) is 11.5. The van der Waals surface area contributed by atoms with Crippen LogP contribution in [0.2, 0.25) is 0 Å². The molecule has 1 heterocycles. The maximum absolute atomic E-state index is 13.7. The van der Waals surface area contributed by atoms with Crippen molar-refractivity contribution in [1.82, 2.24) is 0 Å². The summed E-state index contributed by atoms with van der Waals surface area (Å²) in [5.41, 5.74) is -0.984. The molecule has 1 unspecified atom stereocenters. The van der Waals surface area contributed by atoms with Gasteiger partial charge in [-0.25, -0.2) is 4.39 Å². The van der Waals surface area contributed by atoms with E-state index in [4.69, 9.17) is 0 Å². The van der Waals surface area contributed by atoms with Gasteiger partial charge in [0.25, 0.3) is 0 Å². The van der Waals surface area contributed by atoms with E-state index in [-0.39, 0.29) is 11.7 Å². The second kappa shape index (κ2) is 5.83. The van der Waals surface area contributed by atoms with E-state index in [2.05, 4.69) is 5.32 Å². The van der Waals surface area contributed by atoms with Gasteiger partial charge < -0.3 is 5.32 Å². The van der Waals surface area contributed by atoms with Crippen LogP contribution in [0.4, 0.5) is 23.2 Å². The minimum absolute atomic E-state index is 0.125. The Bertz CT molecular complexity index is 563. The molecule has 6 heteroatoms. The van der Waals surface area contributed by atoms with Gasteiger partial charge in [-0.05, 0) is 36.1 Å². The summed E-state index contributed by atoms with van der Waals surface area (Å²) < 4.78 is 51.6. The Hall–Kier alpha value is -1.56. The lowest BCUT2D eigenvalue weighted by atomic mass is 10.1. The van der Waals surface area contributed by atoms with Gasteiger partial charge in [0.05, 0.1) is 17.3 Å². The van der Waals surface area contributed by atoms with E-state index in [0.717, 1.165) is 23.1 Å². The average molecular weight is 303 g/mol. The van der Waals surface area contributed by atoms with Crippen LogP contribution in [0.1, 0.15) is 29.8 Å². The van der Waals surface area contributed by atoms with Crippen molar-refractivity contribution in [3.05, 3.63) is 52.0 Å². The topological polar surface area (TPSA) is 12.0 Å². The molecule has 20 heavy (non-hydrogen) atoms. The van der Waals surface area contributed by atoms with Crippen LogP contribution in [0.25, 0.3) is 0 Å². The summed E-state index contributed by atoms with van der Waals surface area (Å²) in [4.78, 5) is 0.962. The molecule has 0 saturated carbocycles. The zero-order valence-electron chi connectivity index (χ0n) is 10.7. The monoisotopic (exact) mass is 303 g/mol. The number of nitrogens with one attached hydrogen (secondary N) is 1. The first kappa shape index (κ1) is 14.8. The Kier molecular flexibility index (Phi) is 4.32. The summed E-state index contributed by atoms with van der Waals surface area (Å²) in [6.07, 6.45) is -3.83. The standard InChI is InChI=1S/C14H13F4NS/c1-2-11(13-4-3-7-20-13)19-12-8-9(14(16,17)18)5-6-10(12)15/h3-8,11,19H,2H2,1H3. The summed E-state index contributed by atoms with van der Waals surface area (Å²) >= 11 is 1.48. The molecule has 0 bridgehead atoms. The first-order chi connectivity index (χ1) is 9.41. The average Bonchev–Trinajstić information content (AvgIpc) is 2.90. The number of anilines is 1. The van der Waals surface area contributed by atoms with Crippen LogP contribution in [0.3, 0.4) is 0 Å². The van der Waals surface area contributed by atoms with Gasteiger partial charge in [-0.1, -0.05) is 13.0 Å². The molecule has 1 atom stereocenters. The number of alkyl halides is 3. The molecule has 0 aliphatic carbocycles. The van der Waals surface area contributed by atoms with Crippen LogP contribution >= 0.6 is 11.3 Å². The van der Waals surface area contributed by atoms with Crippen molar-refractivity contribution in [2.75, 3.05) is 5.32 Å². The smallest absolute Gasteiger partial charge is 0.375 e. The molecule has 1 aromatic carbocycles. The summed E-state index contributed by atoms with van der Waals surface area (Å²) in [5, 5.41) is 4.72. The maximum Gasteiger partial charge on any atom is 0.416 e. The van der Waals surface area contributed by atoms with Crippen molar-refractivity contribution in [1.29, 1.82) is 0 Å². The molecule has 0 fully saturated rings. The van der Waals surface area contributed by atoms with E-state index >= 15 is 0 Å². The first-order valence-corrected chi connectivity index (χ1v) is 6.96. The molecule has 0 spiro atoms. The Morgan fingerprint density at radius 2 is 2.00 bits per heavy atom. The van der Waals surface area contributed by atoms with Gasteiger partial charge in [-0.3, -0.25) is 0 Å². The number of thiophene rings is 1. The Balaban J connectivity index is 2.28. The minimum atomic E-state index is -4.48. The van der Waals surface area contributed by atoms with E-state index in [9.17, 15) is 17.6 Å². The van der Waals surface area contributed by atoms with E-state index in [1.807, 2.05) is 24.4 Å². The summed E-state index contributed by atoms with van der Waals surface area (Å²) in [6.45, 7) is 1.89. The van der Waals surface area contributed by atoms with Crippen molar-refractivity contribution in [3.8, 4) is 0 Å². The predicted molar refractivity (Wildman–Crippen MR) is 72.4 cm³/mol. The summed E-state index contributed by atoms with van der Waals surface area (Å²) in [6, 6.07) is 5.92. The molecule has 0 amide bonds. The SMILES string of the molecule is CCC(Nc1cc(C(F)(F)F)ccc1F)c1cccs1. The van der Waals surface area contributed by atoms with Gasteiger partial charge in [0, 0.05) is 4.88 Å². The van der Waals surface area contributed by atoms with E-state index in [1.54, 1.807) is 0 Å². The first-order valence-electron chi connectivity index (χ1n) is 6.08. The molecule has 0 aliphatic rings. The van der Waals surface area contributed by atoms with Gasteiger partial charge in [0.15, 0.2) is 0 Å². The lowest BCUT2D eigenvalue weighted by Crippen LogP contribution is -2.11. The Morgan fingerprint density at radius 1 is 1.25 bits per heavy atom. The molecule has 1 N–H and O–H groups in total. The highest BCUT2D eigenvalue weighted by molar-refractivity contribution is 7.10. The molecule has 2 aromatic rings. The van der Waals surface area contributed by atoms with Crippen LogP contribution < -0.4 is 5.32 Å². The van der Waals surface area contributed by atoms with Crippen molar-refractivity contribution in [2.45, 2.75) is 25.6 Å². The van der Waals surface area contributed by atoms with Gasteiger partial charge in [-0.2, -0.15) is 13.2 Å². The fourth-order valence-corrected chi connectivity index (χ4v) is 2.73. The summed E-state index contributed by atoms with van der Waals surface area (Å²) in [5.74, 6) is -0.687. The predicted octanol–water partition coefficient (Wildman–Crippen LogP) is 5.47. The molecule has 108 valence electrons. The summed E-state index contributed by atoms with van der Waals surface area (Å²) in [7, 11) is 0. The number of hydrogen-bond donors (Lipinski definition) is 1. The van der Waals surface area contributed by atoms with Crippen LogP contribution in [-0.4, -0.2) is 0 Å². The quantitative estimate of drug-likeness (QED) is 0.739. The highest BCUT2D eigenvalue weighted by atomic mass is 32.1. The molecule has 2 rings (SSSR count). The van der Waals surface area contributed by atoms with Crippen molar-refractivity contribution in [3.63, 3.8) is 0 Å². The van der Waals surface area contributed by atoms with Gasteiger partial charge in [0.1, 0.15) is 5.82 Å². The van der Waals surface area contributed by atoms with Crippen molar-refractivity contribution in [2.24, 2.45) is 0 Å².